The van der Waals surface area contributed by atoms with E-state index in [1.807, 2.05) is 0 Å². The molecule has 50 valence electrons. The summed E-state index contributed by atoms with van der Waals surface area (Å²) in [4.78, 5) is 11.4. The van der Waals surface area contributed by atoms with Crippen molar-refractivity contribution >= 4 is 5.91 Å². The summed E-state index contributed by atoms with van der Waals surface area (Å²) in [5.74, 6) is -0.413. The van der Waals surface area contributed by atoms with E-state index in [1.54, 1.807) is 0 Å². The zero-order valence-corrected chi connectivity index (χ0v) is 5.24. The number of nitrogens with zero attached hydrogens (tertiary/aromatic N) is 3. The molecule has 1 aliphatic rings. The van der Waals surface area contributed by atoms with Crippen LogP contribution in [0.4, 0.5) is 0 Å². The molecule has 1 rings (SSSR count). The number of carbonyl (C=O) groups is 1. The Hall–Kier alpha value is -1.55. The predicted molar refractivity (Wildman–Crippen MR) is 30.8 cm³/mol. The maximum absolute atomic E-state index is 10.8. The van der Waals surface area contributed by atoms with Gasteiger partial charge in [-0.05, 0) is 12.8 Å². The van der Waals surface area contributed by atoms with Crippen molar-refractivity contribution in [3.8, 4) is 12.4 Å². The maximum atomic E-state index is 10.8. The van der Waals surface area contributed by atoms with Crippen LogP contribution < -0.4 is 0 Å². The van der Waals surface area contributed by atoms with Crippen LogP contribution in [0.5, 0.6) is 0 Å². The lowest BCUT2D eigenvalue weighted by atomic mass is 10.4. The quantitative estimate of drug-likeness (QED) is 0.380. The lowest BCUT2D eigenvalue weighted by Crippen LogP contribution is -2.21. The molecule has 0 aromatic carbocycles. The van der Waals surface area contributed by atoms with E-state index in [1.165, 1.54) is 12.4 Å². The standard InChI is InChI=1S/C6H5N3O/c7-3-9(4-8)6(10)5-1-2-5/h5H,1-2H2. The number of hydrogen-bond acceptors (Lipinski definition) is 3. The normalized spacial score (nSPS) is 15.0. The van der Waals surface area contributed by atoms with Crippen molar-refractivity contribution in [2.75, 3.05) is 0 Å². The number of hydrogen-bond donors (Lipinski definition) is 0. The fourth-order valence-electron chi connectivity index (χ4n) is 0.634. The Labute approximate surface area is 58.3 Å². The minimum Gasteiger partial charge on any atom is -0.272 e. The molecule has 0 aromatic rings. The first kappa shape index (κ1) is 6.57. The molecular weight excluding hydrogens is 130 g/mol. The van der Waals surface area contributed by atoms with Gasteiger partial charge in [-0.2, -0.15) is 10.5 Å². The summed E-state index contributed by atoms with van der Waals surface area (Å²) in [6.07, 6.45) is 4.63. The van der Waals surface area contributed by atoms with E-state index in [2.05, 4.69) is 0 Å². The third kappa shape index (κ3) is 1.06. The van der Waals surface area contributed by atoms with Crippen LogP contribution in [0.25, 0.3) is 0 Å². The van der Waals surface area contributed by atoms with Crippen LogP contribution in [0.1, 0.15) is 12.8 Å². The lowest BCUT2D eigenvalue weighted by Gasteiger charge is -1.98. The first-order chi connectivity index (χ1) is 4.79. The molecule has 0 N–H and O–H groups in total. The van der Waals surface area contributed by atoms with E-state index in [0.29, 0.717) is 4.90 Å². The Balaban J connectivity index is 2.56. The fourth-order valence-corrected chi connectivity index (χ4v) is 0.634. The largest absolute Gasteiger partial charge is 0.272 e. The third-order valence-electron chi connectivity index (χ3n) is 1.35. The molecule has 4 nitrogen and oxygen atoms in total. The summed E-state index contributed by atoms with van der Waals surface area (Å²) in [5.41, 5.74) is 0. The van der Waals surface area contributed by atoms with Crippen molar-refractivity contribution in [3.63, 3.8) is 0 Å². The van der Waals surface area contributed by atoms with Gasteiger partial charge in [-0.25, -0.2) is 0 Å². The summed E-state index contributed by atoms with van der Waals surface area (Å²) in [6.45, 7) is 0. The Kier molecular flexibility index (Phi) is 1.55. The molecule has 0 aliphatic heterocycles. The molecule has 0 spiro atoms. The molecule has 1 amide bonds. The van der Waals surface area contributed by atoms with Crippen LogP contribution in [0, 0.1) is 28.8 Å². The summed E-state index contributed by atoms with van der Waals surface area (Å²) in [6, 6.07) is 0. The third-order valence-corrected chi connectivity index (χ3v) is 1.35. The average molecular weight is 135 g/mol. The number of rotatable bonds is 1. The molecule has 4 heteroatoms. The van der Waals surface area contributed by atoms with Crippen molar-refractivity contribution in [1.82, 2.24) is 4.90 Å². The molecule has 0 aromatic heterocycles. The van der Waals surface area contributed by atoms with Gasteiger partial charge in [0.25, 0.3) is 5.91 Å². The molecule has 1 aliphatic carbocycles. The molecule has 0 bridgehead atoms. The van der Waals surface area contributed by atoms with E-state index in [-0.39, 0.29) is 11.8 Å². The van der Waals surface area contributed by atoms with Crippen molar-refractivity contribution in [2.45, 2.75) is 12.8 Å². The summed E-state index contributed by atoms with van der Waals surface area (Å²) >= 11 is 0. The first-order valence-electron chi connectivity index (χ1n) is 2.93. The SMILES string of the molecule is N#CN(C#N)C(=O)C1CC1. The first-order valence-corrected chi connectivity index (χ1v) is 2.93. The molecule has 0 unspecified atom stereocenters. The molecule has 1 fully saturated rings. The van der Waals surface area contributed by atoms with E-state index in [0.717, 1.165) is 12.8 Å². The topological polar surface area (TPSA) is 67.9 Å². The highest BCUT2D eigenvalue weighted by molar-refractivity contribution is 5.83. The van der Waals surface area contributed by atoms with Crippen LogP contribution >= 0.6 is 0 Å². The summed E-state index contributed by atoms with van der Waals surface area (Å²) in [5, 5.41) is 16.4. The Morgan fingerprint density at radius 1 is 1.40 bits per heavy atom. The number of amides is 1. The minimum atomic E-state index is -0.356. The molecule has 0 saturated heterocycles. The zero-order chi connectivity index (χ0) is 7.56. The molecular formula is C6H5N3O. The lowest BCUT2D eigenvalue weighted by molar-refractivity contribution is -0.127. The Bertz CT molecular complexity index is 216. The van der Waals surface area contributed by atoms with Gasteiger partial charge in [0.05, 0.1) is 0 Å². The van der Waals surface area contributed by atoms with Gasteiger partial charge in [-0.3, -0.25) is 4.79 Å². The molecule has 0 atom stereocenters. The van der Waals surface area contributed by atoms with Gasteiger partial charge < -0.3 is 0 Å². The van der Waals surface area contributed by atoms with Gasteiger partial charge >= 0.3 is 0 Å². The summed E-state index contributed by atoms with van der Waals surface area (Å²) < 4.78 is 0. The van der Waals surface area contributed by atoms with Gasteiger partial charge in [0, 0.05) is 5.92 Å². The Morgan fingerprint density at radius 2 is 1.90 bits per heavy atom. The number of nitriles is 2. The Morgan fingerprint density at radius 3 is 2.20 bits per heavy atom. The summed E-state index contributed by atoms with van der Waals surface area (Å²) in [7, 11) is 0. The van der Waals surface area contributed by atoms with Gasteiger partial charge in [-0.15, -0.1) is 4.90 Å². The van der Waals surface area contributed by atoms with Gasteiger partial charge in [0.1, 0.15) is 0 Å². The molecule has 0 heterocycles. The minimum absolute atomic E-state index is 0.0562. The van der Waals surface area contributed by atoms with Gasteiger partial charge in [-0.1, -0.05) is 0 Å². The smallest absolute Gasteiger partial charge is 0.252 e. The average Bonchev–Trinajstić information content (AvgIpc) is 2.71. The van der Waals surface area contributed by atoms with Crippen molar-refractivity contribution in [3.05, 3.63) is 0 Å². The van der Waals surface area contributed by atoms with Crippen LogP contribution in [0.3, 0.4) is 0 Å². The van der Waals surface area contributed by atoms with E-state index in [9.17, 15) is 4.79 Å². The fraction of sp³-hybridized carbons (Fsp3) is 0.500. The highest BCUT2D eigenvalue weighted by Crippen LogP contribution is 2.30. The van der Waals surface area contributed by atoms with E-state index < -0.39 is 0 Å². The zero-order valence-electron chi connectivity index (χ0n) is 5.24. The maximum Gasteiger partial charge on any atom is 0.252 e. The van der Waals surface area contributed by atoms with Crippen molar-refractivity contribution in [2.24, 2.45) is 5.92 Å². The van der Waals surface area contributed by atoms with Crippen LogP contribution in [0.15, 0.2) is 0 Å². The highest BCUT2D eigenvalue weighted by Gasteiger charge is 2.33. The number of carbonyl (C=O) groups excluding carboxylic acids is 1. The van der Waals surface area contributed by atoms with E-state index in [4.69, 9.17) is 10.5 Å². The van der Waals surface area contributed by atoms with Crippen molar-refractivity contribution in [1.29, 1.82) is 10.5 Å². The van der Waals surface area contributed by atoms with Gasteiger partial charge in [0.2, 0.25) is 12.4 Å². The van der Waals surface area contributed by atoms with Crippen LogP contribution in [-0.2, 0) is 4.79 Å². The van der Waals surface area contributed by atoms with Crippen molar-refractivity contribution < 1.29 is 4.79 Å². The highest BCUT2D eigenvalue weighted by atomic mass is 16.2. The second-order valence-corrected chi connectivity index (χ2v) is 2.15. The van der Waals surface area contributed by atoms with Crippen LogP contribution in [-0.4, -0.2) is 10.8 Å². The predicted octanol–water partition coefficient (Wildman–Crippen LogP) is 0.187. The second-order valence-electron chi connectivity index (χ2n) is 2.15. The monoisotopic (exact) mass is 135 g/mol. The second kappa shape index (κ2) is 2.36. The molecule has 1 saturated carbocycles. The van der Waals surface area contributed by atoms with Gasteiger partial charge in [0.15, 0.2) is 0 Å². The molecule has 0 radical (unpaired) electrons. The van der Waals surface area contributed by atoms with Crippen LogP contribution in [0.2, 0.25) is 0 Å². The van der Waals surface area contributed by atoms with E-state index >= 15 is 0 Å². The molecule has 10 heavy (non-hydrogen) atoms.